The fourth-order valence-electron chi connectivity index (χ4n) is 3.29. The second-order valence-electron chi connectivity index (χ2n) is 6.34. The highest BCUT2D eigenvalue weighted by molar-refractivity contribution is 5.79. The van der Waals surface area contributed by atoms with Gasteiger partial charge in [-0.3, -0.25) is 4.79 Å². The maximum atomic E-state index is 12.7. The third-order valence-corrected chi connectivity index (χ3v) is 4.99. The van der Waals surface area contributed by atoms with Crippen LogP contribution in [0, 0.1) is 5.92 Å². The molecule has 0 bridgehead atoms. The molecule has 1 aliphatic carbocycles. The lowest BCUT2D eigenvalue weighted by molar-refractivity contribution is -0.137. The number of ether oxygens (including phenoxy) is 1. The third-order valence-electron chi connectivity index (χ3n) is 4.99. The summed E-state index contributed by atoms with van der Waals surface area (Å²) in [5.41, 5.74) is 7.30. The van der Waals surface area contributed by atoms with Crippen LogP contribution in [0.4, 0.5) is 0 Å². The van der Waals surface area contributed by atoms with Crippen LogP contribution < -0.4 is 5.73 Å². The first-order valence-corrected chi connectivity index (χ1v) is 8.14. The van der Waals surface area contributed by atoms with Crippen molar-refractivity contribution in [3.05, 3.63) is 35.9 Å². The van der Waals surface area contributed by atoms with Gasteiger partial charge in [0.05, 0.1) is 12.0 Å². The number of nitrogens with two attached hydrogens (primary N) is 1. The second-order valence-corrected chi connectivity index (χ2v) is 6.34. The van der Waals surface area contributed by atoms with Crippen molar-refractivity contribution in [3.63, 3.8) is 0 Å². The van der Waals surface area contributed by atoms with Crippen LogP contribution >= 0.6 is 0 Å². The summed E-state index contributed by atoms with van der Waals surface area (Å²) in [5, 5.41) is 0. The van der Waals surface area contributed by atoms with Gasteiger partial charge in [-0.15, -0.1) is 0 Å². The molecule has 2 atom stereocenters. The number of nitrogens with zero attached hydrogens (tertiary/aromatic N) is 1. The number of carbonyl (C=O) groups is 1. The first kappa shape index (κ1) is 17.0. The molecule has 2 N–H and O–H groups in total. The van der Waals surface area contributed by atoms with Crippen LogP contribution in [0.15, 0.2) is 30.3 Å². The molecule has 1 fully saturated rings. The average Bonchev–Trinajstić information content (AvgIpc) is 2.60. The van der Waals surface area contributed by atoms with Crippen molar-refractivity contribution in [2.75, 3.05) is 14.2 Å². The zero-order valence-electron chi connectivity index (χ0n) is 13.9. The van der Waals surface area contributed by atoms with Crippen molar-refractivity contribution in [2.45, 2.75) is 50.8 Å². The number of methoxy groups -OCH3 is 1. The number of amides is 1. The molecular weight excluding hydrogens is 276 g/mol. The Labute approximate surface area is 133 Å². The van der Waals surface area contributed by atoms with Crippen LogP contribution in [0.25, 0.3) is 0 Å². The molecule has 0 saturated heterocycles. The lowest BCUT2D eigenvalue weighted by Crippen LogP contribution is -2.44. The van der Waals surface area contributed by atoms with E-state index in [1.54, 1.807) is 7.11 Å². The standard InChI is InChI=1S/C18H28N2O2/c1-13(17(19)14-7-5-4-6-8-14)18(21)20(2)15-9-11-16(22-3)12-10-15/h4-8,13,15-17H,9-12,19H2,1-3H3/t13-,15?,16?,17-/m1/s1. The van der Waals surface area contributed by atoms with Gasteiger partial charge in [-0.25, -0.2) is 0 Å². The predicted molar refractivity (Wildman–Crippen MR) is 88.4 cm³/mol. The quantitative estimate of drug-likeness (QED) is 0.910. The molecule has 4 heteroatoms. The molecule has 1 amide bonds. The molecule has 1 saturated carbocycles. The molecule has 0 unspecified atom stereocenters. The Balaban J connectivity index is 1.95. The summed E-state index contributed by atoms with van der Waals surface area (Å²) in [6.07, 6.45) is 4.42. The van der Waals surface area contributed by atoms with Crippen LogP contribution in [0.5, 0.6) is 0 Å². The topological polar surface area (TPSA) is 55.6 Å². The summed E-state index contributed by atoms with van der Waals surface area (Å²) < 4.78 is 5.40. The van der Waals surface area contributed by atoms with Gasteiger partial charge in [-0.2, -0.15) is 0 Å². The molecule has 0 aliphatic heterocycles. The van der Waals surface area contributed by atoms with E-state index in [9.17, 15) is 4.79 Å². The van der Waals surface area contributed by atoms with E-state index in [4.69, 9.17) is 10.5 Å². The van der Waals surface area contributed by atoms with Crippen molar-refractivity contribution < 1.29 is 9.53 Å². The second kappa shape index (κ2) is 7.75. The van der Waals surface area contributed by atoms with E-state index in [-0.39, 0.29) is 17.9 Å². The molecule has 22 heavy (non-hydrogen) atoms. The number of rotatable bonds is 5. The highest BCUT2D eigenvalue weighted by atomic mass is 16.5. The lowest BCUT2D eigenvalue weighted by Gasteiger charge is -2.36. The van der Waals surface area contributed by atoms with Crippen molar-refractivity contribution in [3.8, 4) is 0 Å². The number of benzene rings is 1. The minimum atomic E-state index is -0.258. The van der Waals surface area contributed by atoms with Crippen LogP contribution in [0.1, 0.15) is 44.2 Å². The molecule has 2 rings (SSSR count). The van der Waals surface area contributed by atoms with Gasteiger partial charge >= 0.3 is 0 Å². The van der Waals surface area contributed by atoms with Crippen molar-refractivity contribution in [2.24, 2.45) is 11.7 Å². The molecule has 1 aliphatic rings. The Morgan fingerprint density at radius 1 is 1.23 bits per heavy atom. The van der Waals surface area contributed by atoms with Crippen LogP contribution in [0.3, 0.4) is 0 Å². The molecule has 0 aromatic heterocycles. The fraction of sp³-hybridized carbons (Fsp3) is 0.611. The highest BCUT2D eigenvalue weighted by Gasteiger charge is 2.31. The molecule has 1 aromatic carbocycles. The monoisotopic (exact) mass is 304 g/mol. The van der Waals surface area contributed by atoms with Gasteiger partial charge in [0.25, 0.3) is 0 Å². The molecule has 4 nitrogen and oxygen atoms in total. The van der Waals surface area contributed by atoms with E-state index in [1.165, 1.54) is 0 Å². The normalized spacial score (nSPS) is 24.5. The maximum absolute atomic E-state index is 12.7. The van der Waals surface area contributed by atoms with Gasteiger partial charge in [0.1, 0.15) is 0 Å². The Bertz CT molecular complexity index is 469. The van der Waals surface area contributed by atoms with E-state index in [2.05, 4.69) is 0 Å². The van der Waals surface area contributed by atoms with Crippen LogP contribution in [-0.4, -0.2) is 37.1 Å². The Kier molecular flexibility index (Phi) is 5.98. The van der Waals surface area contributed by atoms with Gasteiger partial charge in [0.2, 0.25) is 5.91 Å². The average molecular weight is 304 g/mol. The van der Waals surface area contributed by atoms with Gasteiger partial charge in [0, 0.05) is 26.2 Å². The Morgan fingerprint density at radius 2 is 1.82 bits per heavy atom. The molecule has 1 aromatic rings. The van der Waals surface area contributed by atoms with E-state index in [0.717, 1.165) is 31.2 Å². The zero-order valence-corrected chi connectivity index (χ0v) is 13.9. The van der Waals surface area contributed by atoms with Gasteiger partial charge in [-0.05, 0) is 31.2 Å². The molecule has 0 spiro atoms. The summed E-state index contributed by atoms with van der Waals surface area (Å²) in [5.74, 6) is -0.0789. The number of carbonyl (C=O) groups excluding carboxylic acids is 1. The molecule has 0 heterocycles. The summed E-state index contributed by atoms with van der Waals surface area (Å²) in [4.78, 5) is 14.6. The summed E-state index contributed by atoms with van der Waals surface area (Å²) >= 11 is 0. The first-order valence-electron chi connectivity index (χ1n) is 8.14. The summed E-state index contributed by atoms with van der Waals surface area (Å²) in [6, 6.07) is 9.90. The largest absolute Gasteiger partial charge is 0.381 e. The minimum absolute atomic E-state index is 0.136. The van der Waals surface area contributed by atoms with E-state index >= 15 is 0 Å². The molecule has 122 valence electrons. The Hall–Kier alpha value is -1.39. The van der Waals surface area contributed by atoms with E-state index in [1.807, 2.05) is 49.2 Å². The molecular formula is C18H28N2O2. The number of hydrogen-bond donors (Lipinski definition) is 1. The lowest BCUT2D eigenvalue weighted by atomic mass is 9.89. The predicted octanol–water partition coefficient (Wildman–Crippen LogP) is 2.74. The molecule has 0 radical (unpaired) electrons. The summed E-state index contributed by atoms with van der Waals surface area (Å²) in [7, 11) is 3.68. The van der Waals surface area contributed by atoms with Crippen LogP contribution in [-0.2, 0) is 9.53 Å². The maximum Gasteiger partial charge on any atom is 0.227 e. The van der Waals surface area contributed by atoms with Gasteiger partial charge < -0.3 is 15.4 Å². The smallest absolute Gasteiger partial charge is 0.227 e. The Morgan fingerprint density at radius 3 is 2.36 bits per heavy atom. The van der Waals surface area contributed by atoms with Crippen LogP contribution in [0.2, 0.25) is 0 Å². The van der Waals surface area contributed by atoms with Crippen molar-refractivity contribution >= 4 is 5.91 Å². The van der Waals surface area contributed by atoms with Gasteiger partial charge in [0.15, 0.2) is 0 Å². The van der Waals surface area contributed by atoms with E-state index in [0.29, 0.717) is 12.1 Å². The van der Waals surface area contributed by atoms with Gasteiger partial charge in [-0.1, -0.05) is 37.3 Å². The zero-order chi connectivity index (χ0) is 16.1. The van der Waals surface area contributed by atoms with E-state index < -0.39 is 0 Å². The first-order chi connectivity index (χ1) is 10.5. The summed E-state index contributed by atoms with van der Waals surface area (Å²) in [6.45, 7) is 1.93. The van der Waals surface area contributed by atoms with Crippen molar-refractivity contribution in [1.29, 1.82) is 0 Å². The van der Waals surface area contributed by atoms with Crippen molar-refractivity contribution in [1.82, 2.24) is 4.90 Å². The number of hydrogen-bond acceptors (Lipinski definition) is 3. The fourth-order valence-corrected chi connectivity index (χ4v) is 3.29. The minimum Gasteiger partial charge on any atom is -0.381 e. The third kappa shape index (κ3) is 3.87. The SMILES string of the molecule is COC1CCC(N(C)C(=O)[C@H](C)[C@@H](N)c2ccccc2)CC1. The highest BCUT2D eigenvalue weighted by Crippen LogP contribution is 2.27.